The summed E-state index contributed by atoms with van der Waals surface area (Å²) in [5.41, 5.74) is 1.20. The normalized spacial score (nSPS) is 24.9. The molecule has 2 fully saturated rings. The van der Waals surface area contributed by atoms with Gasteiger partial charge in [0.15, 0.2) is 0 Å². The third kappa shape index (κ3) is 5.06. The molecule has 26 heavy (non-hydrogen) atoms. The molecule has 1 aromatic carbocycles. The van der Waals surface area contributed by atoms with E-state index in [-0.39, 0.29) is 18.4 Å². The van der Waals surface area contributed by atoms with Crippen LogP contribution in [0.15, 0.2) is 30.3 Å². The molecule has 2 N–H and O–H groups in total. The van der Waals surface area contributed by atoms with Gasteiger partial charge in [-0.2, -0.15) is 0 Å². The van der Waals surface area contributed by atoms with Crippen molar-refractivity contribution in [3.05, 3.63) is 35.9 Å². The molecule has 2 aliphatic heterocycles. The maximum absolute atomic E-state index is 12.6. The van der Waals surface area contributed by atoms with E-state index in [0.717, 1.165) is 45.4 Å². The highest BCUT2D eigenvalue weighted by molar-refractivity contribution is 5.76. The van der Waals surface area contributed by atoms with Gasteiger partial charge < -0.3 is 20.0 Å². The van der Waals surface area contributed by atoms with Crippen LogP contribution < -0.4 is 0 Å². The quantitative estimate of drug-likeness (QED) is 0.771. The molecule has 2 aliphatic rings. The Morgan fingerprint density at radius 2 is 1.69 bits per heavy atom. The molecule has 0 bridgehead atoms. The van der Waals surface area contributed by atoms with Crippen LogP contribution in [0.25, 0.3) is 0 Å². The molecule has 0 saturated carbocycles. The Morgan fingerprint density at radius 1 is 1.00 bits per heavy atom. The van der Waals surface area contributed by atoms with Crippen LogP contribution in [0.5, 0.6) is 0 Å². The van der Waals surface area contributed by atoms with Gasteiger partial charge >= 0.3 is 0 Å². The zero-order chi connectivity index (χ0) is 18.4. The lowest BCUT2D eigenvalue weighted by Crippen LogP contribution is -2.40. The lowest BCUT2D eigenvalue weighted by atomic mass is 9.93. The van der Waals surface area contributed by atoms with E-state index in [2.05, 4.69) is 17.0 Å². The van der Waals surface area contributed by atoms with Crippen LogP contribution >= 0.6 is 0 Å². The Labute approximate surface area is 156 Å². The van der Waals surface area contributed by atoms with Crippen molar-refractivity contribution < 1.29 is 15.0 Å². The molecule has 0 aliphatic carbocycles. The third-order valence-electron chi connectivity index (χ3n) is 6.09. The summed E-state index contributed by atoms with van der Waals surface area (Å²) in [4.78, 5) is 17.0. The van der Waals surface area contributed by atoms with E-state index in [1.165, 1.54) is 5.56 Å². The van der Waals surface area contributed by atoms with Crippen molar-refractivity contribution in [1.82, 2.24) is 9.80 Å². The Bertz CT molecular complexity index is 558. The smallest absolute Gasteiger partial charge is 0.222 e. The Balaban J connectivity index is 1.47. The highest BCUT2D eigenvalue weighted by Gasteiger charge is 2.36. The number of amides is 1. The Morgan fingerprint density at radius 3 is 2.35 bits per heavy atom. The van der Waals surface area contributed by atoms with Crippen molar-refractivity contribution >= 4 is 5.91 Å². The molecule has 0 radical (unpaired) electrons. The number of nitrogens with zero attached hydrogens (tertiary/aromatic N) is 2. The fourth-order valence-electron chi connectivity index (χ4n) is 4.29. The molecule has 1 amide bonds. The van der Waals surface area contributed by atoms with Crippen LogP contribution in [-0.2, 0) is 11.2 Å². The van der Waals surface area contributed by atoms with E-state index in [9.17, 15) is 15.0 Å². The van der Waals surface area contributed by atoms with Gasteiger partial charge in [0, 0.05) is 45.2 Å². The number of carbonyl (C=O) groups is 1. The number of likely N-dealkylation sites (tertiary alicyclic amines) is 2. The molecule has 0 unspecified atom stereocenters. The van der Waals surface area contributed by atoms with E-state index in [1.807, 2.05) is 23.1 Å². The van der Waals surface area contributed by atoms with Gasteiger partial charge in [0.1, 0.15) is 0 Å². The van der Waals surface area contributed by atoms with Gasteiger partial charge in [-0.05, 0) is 49.8 Å². The maximum atomic E-state index is 12.6. The van der Waals surface area contributed by atoms with Crippen molar-refractivity contribution in [2.24, 2.45) is 17.8 Å². The number of benzene rings is 1. The van der Waals surface area contributed by atoms with E-state index in [0.29, 0.717) is 31.4 Å². The summed E-state index contributed by atoms with van der Waals surface area (Å²) in [5, 5.41) is 19.0. The summed E-state index contributed by atoms with van der Waals surface area (Å²) in [7, 11) is 0. The van der Waals surface area contributed by atoms with E-state index >= 15 is 0 Å². The van der Waals surface area contributed by atoms with Crippen LogP contribution in [0.3, 0.4) is 0 Å². The van der Waals surface area contributed by atoms with E-state index in [1.54, 1.807) is 0 Å². The molecule has 0 aromatic heterocycles. The molecule has 2 atom stereocenters. The number of rotatable bonds is 7. The van der Waals surface area contributed by atoms with Gasteiger partial charge in [-0.25, -0.2) is 0 Å². The Hall–Kier alpha value is -1.43. The molecule has 5 heteroatoms. The molecular formula is C21H32N2O3. The minimum atomic E-state index is 0.153. The number of aryl methyl sites for hydroxylation is 1. The first-order valence-corrected chi connectivity index (χ1v) is 9.95. The van der Waals surface area contributed by atoms with E-state index in [4.69, 9.17) is 0 Å². The topological polar surface area (TPSA) is 64.0 Å². The second-order valence-electron chi connectivity index (χ2n) is 7.91. The van der Waals surface area contributed by atoms with Crippen LogP contribution in [0.1, 0.15) is 24.8 Å². The fourth-order valence-corrected chi connectivity index (χ4v) is 4.29. The zero-order valence-electron chi connectivity index (χ0n) is 15.6. The molecule has 3 rings (SSSR count). The third-order valence-corrected chi connectivity index (χ3v) is 6.09. The summed E-state index contributed by atoms with van der Waals surface area (Å²) in [6, 6.07) is 10.1. The molecule has 0 spiro atoms. The fraction of sp³-hybridized carbons (Fsp3) is 0.667. The number of piperidine rings is 1. The highest BCUT2D eigenvalue weighted by Crippen LogP contribution is 2.27. The maximum Gasteiger partial charge on any atom is 0.222 e. The van der Waals surface area contributed by atoms with Gasteiger partial charge in [-0.3, -0.25) is 4.79 Å². The zero-order valence-corrected chi connectivity index (χ0v) is 15.6. The van der Waals surface area contributed by atoms with Gasteiger partial charge in [0.05, 0.1) is 0 Å². The molecule has 2 heterocycles. The number of carbonyl (C=O) groups excluding carboxylic acids is 1. The SMILES string of the molecule is O=C(CCc1ccccc1)N1C[C@@H](CN2CCC(CO)CC2)[C@@H](CO)C1. The lowest BCUT2D eigenvalue weighted by Gasteiger charge is -2.33. The molecular weight excluding hydrogens is 328 g/mol. The molecule has 5 nitrogen and oxygen atoms in total. The summed E-state index contributed by atoms with van der Waals surface area (Å²) in [6.07, 6.45) is 3.41. The Kier molecular flexibility index (Phi) is 7.06. The highest BCUT2D eigenvalue weighted by atomic mass is 16.3. The number of hydrogen-bond acceptors (Lipinski definition) is 4. The second kappa shape index (κ2) is 9.49. The standard InChI is InChI=1S/C21H32N2O3/c24-15-18-8-10-22(11-9-18)12-19-13-23(14-20(19)16-25)21(26)7-6-17-4-2-1-3-5-17/h1-5,18-20,24-25H,6-16H2/t19-,20-/m1/s1. The molecule has 144 valence electrons. The first-order chi connectivity index (χ1) is 12.7. The average Bonchev–Trinajstić information content (AvgIpc) is 3.10. The number of hydrogen-bond donors (Lipinski definition) is 2. The molecule has 2 saturated heterocycles. The van der Waals surface area contributed by atoms with Crippen LogP contribution in [-0.4, -0.2) is 71.9 Å². The van der Waals surface area contributed by atoms with Gasteiger partial charge in [-0.15, -0.1) is 0 Å². The lowest BCUT2D eigenvalue weighted by molar-refractivity contribution is -0.130. The molecule has 1 aromatic rings. The van der Waals surface area contributed by atoms with Crippen LogP contribution in [0.4, 0.5) is 0 Å². The largest absolute Gasteiger partial charge is 0.396 e. The van der Waals surface area contributed by atoms with E-state index < -0.39 is 0 Å². The predicted molar refractivity (Wildman–Crippen MR) is 102 cm³/mol. The van der Waals surface area contributed by atoms with Crippen molar-refractivity contribution in [2.45, 2.75) is 25.7 Å². The van der Waals surface area contributed by atoms with Crippen LogP contribution in [0, 0.1) is 17.8 Å². The first-order valence-electron chi connectivity index (χ1n) is 9.95. The summed E-state index contributed by atoms with van der Waals surface area (Å²) in [5.74, 6) is 1.19. The van der Waals surface area contributed by atoms with Gasteiger partial charge in [-0.1, -0.05) is 30.3 Å². The summed E-state index contributed by atoms with van der Waals surface area (Å²) < 4.78 is 0. The number of aliphatic hydroxyl groups excluding tert-OH is 2. The average molecular weight is 360 g/mol. The van der Waals surface area contributed by atoms with Gasteiger partial charge in [0.2, 0.25) is 5.91 Å². The minimum absolute atomic E-state index is 0.153. The van der Waals surface area contributed by atoms with Gasteiger partial charge in [0.25, 0.3) is 0 Å². The van der Waals surface area contributed by atoms with Crippen molar-refractivity contribution in [1.29, 1.82) is 0 Å². The number of aliphatic hydroxyl groups is 2. The second-order valence-corrected chi connectivity index (χ2v) is 7.91. The summed E-state index contributed by atoms with van der Waals surface area (Å²) >= 11 is 0. The minimum Gasteiger partial charge on any atom is -0.396 e. The van der Waals surface area contributed by atoms with Crippen molar-refractivity contribution in [3.63, 3.8) is 0 Å². The predicted octanol–water partition coefficient (Wildman–Crippen LogP) is 1.39. The first kappa shape index (κ1) is 19.3. The summed E-state index contributed by atoms with van der Waals surface area (Å²) in [6.45, 7) is 4.87. The van der Waals surface area contributed by atoms with Crippen molar-refractivity contribution in [2.75, 3.05) is 45.9 Å². The van der Waals surface area contributed by atoms with Crippen molar-refractivity contribution in [3.8, 4) is 0 Å². The monoisotopic (exact) mass is 360 g/mol. The van der Waals surface area contributed by atoms with Crippen LogP contribution in [0.2, 0.25) is 0 Å².